The minimum atomic E-state index is -5.08. The lowest BCUT2D eigenvalue weighted by atomic mass is 10.0. The van der Waals surface area contributed by atoms with E-state index in [1.165, 1.54) is 24.6 Å². The number of carbonyl (C=O) groups is 3. The smallest absolute Gasteiger partial charge is 0.490 e. The molecule has 0 aliphatic carbocycles. The molecular weight excluding hydrogens is 691 g/mol. The Kier molecular flexibility index (Phi) is 16.0. The number of aliphatic hydroxyl groups is 1. The predicted molar refractivity (Wildman–Crippen MR) is 159 cm³/mol. The SMILES string of the molecule is CC(=O)Nc1cc(Cl)c(O)cc1OC[C@@](C)(O)CNC1CCN(Cc2ccc(Cl)cc2)CC1.O=C(O)C(F)(F)F.O=C(O)C(F)(F)F. The maximum Gasteiger partial charge on any atom is 0.490 e. The summed E-state index contributed by atoms with van der Waals surface area (Å²) in [5, 5.41) is 41.8. The lowest BCUT2D eigenvalue weighted by Crippen LogP contribution is -2.49. The van der Waals surface area contributed by atoms with E-state index in [1.807, 2.05) is 12.1 Å². The minimum absolute atomic E-state index is 0.0247. The average molecular weight is 724 g/mol. The molecule has 1 fully saturated rings. The van der Waals surface area contributed by atoms with E-state index in [2.05, 4.69) is 27.7 Å². The summed E-state index contributed by atoms with van der Waals surface area (Å²) in [5.74, 6) is -5.73. The van der Waals surface area contributed by atoms with Crippen LogP contribution < -0.4 is 15.4 Å². The van der Waals surface area contributed by atoms with Crippen LogP contribution in [0.1, 0.15) is 32.3 Å². The molecule has 0 bridgehead atoms. The van der Waals surface area contributed by atoms with Crippen molar-refractivity contribution in [3.05, 3.63) is 52.0 Å². The standard InChI is InChI=1S/C24H31Cl2N3O4.2C2HF3O2/c1-16(30)28-21-11-20(26)22(31)12-23(21)33-15-24(2,32)14-27-19-7-9-29(10-8-19)13-17-3-5-18(25)6-4-17;2*3-2(4,5)1(6)7/h3-6,11-12,19,27,31-32H,7-10,13-15H2,1-2H3,(H,28,30);2*(H,6,7)/t24-;;/m0../s1. The summed E-state index contributed by atoms with van der Waals surface area (Å²) in [4.78, 5) is 31.6. The van der Waals surface area contributed by atoms with Gasteiger partial charge in [-0.15, -0.1) is 0 Å². The number of rotatable bonds is 9. The van der Waals surface area contributed by atoms with Crippen LogP contribution in [0.25, 0.3) is 0 Å². The van der Waals surface area contributed by atoms with Crippen molar-refractivity contribution in [3.8, 4) is 11.5 Å². The number of ether oxygens (including phenoxy) is 1. The molecule has 0 saturated carbocycles. The van der Waals surface area contributed by atoms with Gasteiger partial charge < -0.3 is 35.8 Å². The number of halogens is 8. The Morgan fingerprint density at radius 2 is 1.45 bits per heavy atom. The lowest BCUT2D eigenvalue weighted by Gasteiger charge is -2.34. The van der Waals surface area contributed by atoms with E-state index in [4.69, 9.17) is 47.7 Å². The topological polar surface area (TPSA) is 169 Å². The molecule has 1 amide bonds. The second-order valence-electron chi connectivity index (χ2n) is 10.4. The van der Waals surface area contributed by atoms with Gasteiger partial charge in [-0.1, -0.05) is 35.3 Å². The summed E-state index contributed by atoms with van der Waals surface area (Å²) in [7, 11) is 0. The summed E-state index contributed by atoms with van der Waals surface area (Å²) in [6, 6.07) is 11.0. The molecular formula is C28H33Cl2F6N3O8. The van der Waals surface area contributed by atoms with Gasteiger partial charge in [0.2, 0.25) is 5.91 Å². The fourth-order valence-electron chi connectivity index (χ4n) is 3.74. The van der Waals surface area contributed by atoms with Crippen molar-refractivity contribution in [2.24, 2.45) is 0 Å². The third kappa shape index (κ3) is 16.7. The quantitative estimate of drug-likeness (QED) is 0.147. The number of nitrogens with zero attached hydrogens (tertiary/aromatic N) is 1. The normalized spacial score (nSPS) is 15.2. The molecule has 1 aliphatic heterocycles. The fourth-order valence-corrected chi connectivity index (χ4v) is 4.03. The number of carbonyl (C=O) groups excluding carboxylic acids is 1. The van der Waals surface area contributed by atoms with Crippen molar-refractivity contribution < 1.29 is 65.9 Å². The van der Waals surface area contributed by atoms with E-state index in [-0.39, 0.29) is 29.0 Å². The maximum absolute atomic E-state index is 11.4. The number of phenols is 1. The largest absolute Gasteiger partial charge is 0.506 e. The molecule has 264 valence electrons. The van der Waals surface area contributed by atoms with Gasteiger partial charge in [-0.05, 0) is 56.6 Å². The van der Waals surface area contributed by atoms with Crippen LogP contribution in [-0.2, 0) is 20.9 Å². The molecule has 1 saturated heterocycles. The first kappa shape index (κ1) is 41.5. The average Bonchev–Trinajstić information content (AvgIpc) is 2.94. The van der Waals surface area contributed by atoms with Gasteiger partial charge >= 0.3 is 24.3 Å². The molecule has 0 radical (unpaired) electrons. The zero-order valence-electron chi connectivity index (χ0n) is 24.9. The summed E-state index contributed by atoms with van der Waals surface area (Å²) >= 11 is 11.9. The van der Waals surface area contributed by atoms with Crippen molar-refractivity contribution in [1.29, 1.82) is 0 Å². The van der Waals surface area contributed by atoms with Gasteiger partial charge in [0.05, 0.1) is 10.7 Å². The second-order valence-corrected chi connectivity index (χ2v) is 11.3. The zero-order valence-corrected chi connectivity index (χ0v) is 26.4. The van der Waals surface area contributed by atoms with Crippen molar-refractivity contribution in [2.45, 2.75) is 57.2 Å². The van der Waals surface area contributed by atoms with E-state index < -0.39 is 29.9 Å². The highest BCUT2D eigenvalue weighted by Gasteiger charge is 2.39. The van der Waals surface area contributed by atoms with Gasteiger partial charge in [0.1, 0.15) is 23.7 Å². The van der Waals surface area contributed by atoms with E-state index in [0.717, 1.165) is 37.5 Å². The number of piperidine rings is 1. The lowest BCUT2D eigenvalue weighted by molar-refractivity contribution is -0.193. The number of likely N-dealkylation sites (tertiary alicyclic amines) is 1. The third-order valence-corrected chi connectivity index (χ3v) is 6.62. The van der Waals surface area contributed by atoms with Crippen LogP contribution in [0.15, 0.2) is 36.4 Å². The number of hydrogen-bond acceptors (Lipinski definition) is 8. The molecule has 2 aromatic carbocycles. The molecule has 1 atom stereocenters. The molecule has 0 unspecified atom stereocenters. The first-order valence-electron chi connectivity index (χ1n) is 13.5. The molecule has 1 heterocycles. The van der Waals surface area contributed by atoms with Crippen LogP contribution in [0, 0.1) is 0 Å². The molecule has 6 N–H and O–H groups in total. The van der Waals surface area contributed by atoms with Crippen molar-refractivity contribution >= 4 is 46.7 Å². The number of nitrogens with one attached hydrogen (secondary N) is 2. The maximum atomic E-state index is 11.4. The summed E-state index contributed by atoms with van der Waals surface area (Å²) in [6.45, 7) is 6.23. The first-order valence-corrected chi connectivity index (χ1v) is 14.2. The fraction of sp³-hybridized carbons (Fsp3) is 0.464. The Balaban J connectivity index is 0.000000658. The molecule has 2 aromatic rings. The first-order chi connectivity index (χ1) is 21.5. The van der Waals surface area contributed by atoms with E-state index in [1.54, 1.807) is 6.92 Å². The van der Waals surface area contributed by atoms with Gasteiger partial charge in [0, 0.05) is 37.1 Å². The number of anilines is 1. The van der Waals surface area contributed by atoms with Gasteiger partial charge in [-0.25, -0.2) is 9.59 Å². The van der Waals surface area contributed by atoms with Crippen LogP contribution in [0.2, 0.25) is 10.0 Å². The molecule has 19 heteroatoms. The monoisotopic (exact) mass is 723 g/mol. The number of amides is 1. The number of phenolic OH excluding ortho intramolecular Hbond substituents is 1. The van der Waals surface area contributed by atoms with Gasteiger partial charge in [0.15, 0.2) is 0 Å². The van der Waals surface area contributed by atoms with E-state index >= 15 is 0 Å². The predicted octanol–water partition coefficient (Wildman–Crippen LogP) is 5.31. The highest BCUT2D eigenvalue weighted by atomic mass is 35.5. The Hall–Kier alpha value is -3.51. The van der Waals surface area contributed by atoms with Gasteiger partial charge in [-0.2, -0.15) is 26.3 Å². The Morgan fingerprint density at radius 1 is 0.957 bits per heavy atom. The molecule has 0 spiro atoms. The molecule has 47 heavy (non-hydrogen) atoms. The molecule has 3 rings (SSSR count). The highest BCUT2D eigenvalue weighted by molar-refractivity contribution is 6.32. The summed E-state index contributed by atoms with van der Waals surface area (Å²) in [5.41, 5.74) is 0.434. The number of aliphatic carboxylic acids is 2. The van der Waals surface area contributed by atoms with Crippen LogP contribution in [0.4, 0.5) is 32.0 Å². The number of aromatic hydroxyl groups is 1. The van der Waals surface area contributed by atoms with Crippen molar-refractivity contribution in [1.82, 2.24) is 10.2 Å². The number of carboxylic acid groups (broad SMARTS) is 2. The summed E-state index contributed by atoms with van der Waals surface area (Å²) < 4.78 is 69.2. The summed E-state index contributed by atoms with van der Waals surface area (Å²) in [6.07, 6.45) is -8.19. The van der Waals surface area contributed by atoms with Crippen LogP contribution in [0.3, 0.4) is 0 Å². The second kappa shape index (κ2) is 18.1. The highest BCUT2D eigenvalue weighted by Crippen LogP contribution is 2.35. The number of benzene rings is 2. The Bertz CT molecular complexity index is 1310. The van der Waals surface area contributed by atoms with Crippen LogP contribution in [-0.4, -0.2) is 93.4 Å². The molecule has 1 aliphatic rings. The van der Waals surface area contributed by atoms with Crippen LogP contribution >= 0.6 is 23.2 Å². The molecule has 0 aromatic heterocycles. The molecule has 11 nitrogen and oxygen atoms in total. The zero-order chi connectivity index (χ0) is 36.2. The Morgan fingerprint density at radius 3 is 1.89 bits per heavy atom. The van der Waals surface area contributed by atoms with Crippen molar-refractivity contribution in [3.63, 3.8) is 0 Å². The van der Waals surface area contributed by atoms with Gasteiger partial charge in [0.25, 0.3) is 0 Å². The number of alkyl halides is 6. The minimum Gasteiger partial charge on any atom is -0.506 e. The Labute approximate surface area is 275 Å². The van der Waals surface area contributed by atoms with E-state index in [0.29, 0.717) is 18.3 Å². The van der Waals surface area contributed by atoms with E-state index in [9.17, 15) is 41.4 Å². The van der Waals surface area contributed by atoms with Crippen LogP contribution in [0.5, 0.6) is 11.5 Å². The number of hydrogen-bond donors (Lipinski definition) is 6. The van der Waals surface area contributed by atoms with Crippen molar-refractivity contribution in [2.75, 3.05) is 31.6 Å². The number of carboxylic acids is 2. The van der Waals surface area contributed by atoms with Gasteiger partial charge in [-0.3, -0.25) is 9.69 Å². The third-order valence-electron chi connectivity index (χ3n) is 6.06.